The fourth-order valence-electron chi connectivity index (χ4n) is 6.85. The molecule has 3 aliphatic heterocycles. The monoisotopic (exact) mass is 613 g/mol. The number of hydrogen-bond donors (Lipinski definition) is 1. The summed E-state index contributed by atoms with van der Waals surface area (Å²) in [6.45, 7) is 6.10. The lowest BCUT2D eigenvalue weighted by Crippen LogP contribution is -2.66. The predicted molar refractivity (Wildman–Crippen MR) is 165 cm³/mol. The Labute approximate surface area is 257 Å². The molecule has 1 spiro atoms. The smallest absolute Gasteiger partial charge is 0.320 e. The molecule has 1 aromatic carbocycles. The van der Waals surface area contributed by atoms with Crippen molar-refractivity contribution in [2.75, 3.05) is 56.1 Å². The number of nitrogens with zero attached hydrogens (tertiary/aromatic N) is 9. The maximum atomic E-state index is 13.6. The van der Waals surface area contributed by atoms with Gasteiger partial charge in [-0.05, 0) is 56.5 Å². The summed E-state index contributed by atoms with van der Waals surface area (Å²) in [4.78, 5) is 31.0. The van der Waals surface area contributed by atoms with Gasteiger partial charge in [0.15, 0.2) is 10.8 Å². The van der Waals surface area contributed by atoms with Crippen LogP contribution in [0.25, 0.3) is 22.3 Å². The van der Waals surface area contributed by atoms with Crippen molar-refractivity contribution in [1.82, 2.24) is 29.5 Å². The lowest BCUT2D eigenvalue weighted by atomic mass is 9.79. The van der Waals surface area contributed by atoms with Gasteiger partial charge >= 0.3 is 6.03 Å². The number of pyridine rings is 1. The van der Waals surface area contributed by atoms with Crippen molar-refractivity contribution >= 4 is 45.0 Å². The van der Waals surface area contributed by atoms with Crippen LogP contribution in [-0.4, -0.2) is 93.1 Å². The van der Waals surface area contributed by atoms with Crippen LogP contribution in [0.2, 0.25) is 0 Å². The number of carbonyl (C=O) groups excluding carboxylic acids is 1. The number of aliphatic hydroxyl groups excluding tert-OH is 1. The number of thiazole rings is 1. The number of aliphatic hydroxyl groups is 1. The second kappa shape index (κ2) is 9.87. The quantitative estimate of drug-likeness (QED) is 0.355. The van der Waals surface area contributed by atoms with Gasteiger partial charge in [-0.25, -0.2) is 23.8 Å². The van der Waals surface area contributed by atoms with Gasteiger partial charge in [0.1, 0.15) is 28.3 Å². The Hall–Kier alpha value is -4.28. The SMILES string of the molecule is Cc1nc2nn(C3CC3)c(N(C)c3nc(-c4ccc(F)cc4)c(C#N)s3)c2cc1N1CCC2(CN(C(=O)N3CC(O)C3)C2)C1. The van der Waals surface area contributed by atoms with Crippen LogP contribution in [0.5, 0.6) is 0 Å². The van der Waals surface area contributed by atoms with E-state index < -0.39 is 6.10 Å². The molecule has 0 bridgehead atoms. The van der Waals surface area contributed by atoms with Gasteiger partial charge in [0.05, 0.1) is 42.0 Å². The molecule has 11 nitrogen and oxygen atoms in total. The number of carbonyl (C=O) groups is 1. The topological polar surface area (TPSA) is 118 Å². The van der Waals surface area contributed by atoms with E-state index in [1.165, 1.54) is 23.5 Å². The second-order valence-corrected chi connectivity index (χ2v) is 13.7. The van der Waals surface area contributed by atoms with Crippen LogP contribution >= 0.6 is 11.3 Å². The number of hydrogen-bond acceptors (Lipinski definition) is 9. The Kier molecular flexibility index (Phi) is 6.12. The number of amides is 2. The van der Waals surface area contributed by atoms with Crippen LogP contribution < -0.4 is 9.80 Å². The molecule has 6 heterocycles. The molecule has 4 fully saturated rings. The van der Waals surface area contributed by atoms with Crippen LogP contribution in [-0.2, 0) is 0 Å². The summed E-state index contributed by atoms with van der Waals surface area (Å²) in [7, 11) is 1.95. The molecule has 1 aliphatic carbocycles. The Morgan fingerprint density at radius 3 is 2.59 bits per heavy atom. The Bertz CT molecular complexity index is 1830. The molecule has 1 N–H and O–H groups in total. The van der Waals surface area contributed by atoms with E-state index in [1.807, 2.05) is 23.8 Å². The summed E-state index contributed by atoms with van der Waals surface area (Å²) < 4.78 is 15.6. The number of β-amino-alcohol motifs (C(OH)–C–C–N with tert-alkyl or cyclic N) is 1. The molecule has 44 heavy (non-hydrogen) atoms. The largest absolute Gasteiger partial charge is 0.389 e. The average Bonchev–Trinajstić information content (AvgIpc) is 3.41. The van der Waals surface area contributed by atoms with Gasteiger partial charge in [-0.1, -0.05) is 11.3 Å². The molecule has 3 aromatic heterocycles. The third-order valence-corrected chi connectivity index (χ3v) is 10.4. The Morgan fingerprint density at radius 1 is 1.16 bits per heavy atom. The Morgan fingerprint density at radius 2 is 1.91 bits per heavy atom. The van der Waals surface area contributed by atoms with E-state index in [2.05, 4.69) is 21.7 Å². The van der Waals surface area contributed by atoms with Gasteiger partial charge in [-0.2, -0.15) is 10.4 Å². The van der Waals surface area contributed by atoms with Gasteiger partial charge in [-0.15, -0.1) is 0 Å². The summed E-state index contributed by atoms with van der Waals surface area (Å²) >= 11 is 1.31. The van der Waals surface area contributed by atoms with Crippen molar-refractivity contribution in [3.05, 3.63) is 46.7 Å². The number of anilines is 3. The first-order valence-electron chi connectivity index (χ1n) is 15.0. The highest BCUT2D eigenvalue weighted by Gasteiger charge is 2.51. The van der Waals surface area contributed by atoms with Crippen LogP contribution in [0.1, 0.15) is 35.9 Å². The van der Waals surface area contributed by atoms with Gasteiger partial charge in [-0.3, -0.25) is 0 Å². The van der Waals surface area contributed by atoms with Crippen LogP contribution in [0.3, 0.4) is 0 Å². The maximum Gasteiger partial charge on any atom is 0.320 e. The van der Waals surface area contributed by atoms with Crippen molar-refractivity contribution in [2.24, 2.45) is 5.41 Å². The average molecular weight is 614 g/mol. The number of aryl methyl sites for hydroxylation is 1. The van der Waals surface area contributed by atoms with E-state index in [4.69, 9.17) is 15.1 Å². The number of halogens is 1. The third kappa shape index (κ3) is 4.38. The number of aromatic nitrogens is 4. The minimum atomic E-state index is -0.393. The number of nitriles is 1. The number of fused-ring (bicyclic) bond motifs is 1. The standard InChI is InChI=1S/C31H32FN9O2S/c1-18-24(38-10-9-31(15-38)16-40(17-31)30(43)39-13-22(42)14-39)11-23-27(34-18)36-41(21-7-8-21)28(23)37(2)29-35-26(25(12-33)44-29)19-3-5-20(32)6-4-19/h3-6,11,21-22,42H,7-10,13-17H2,1-2H3. The molecule has 0 atom stereocenters. The normalized spacial score (nSPS) is 19.4. The van der Waals surface area contributed by atoms with E-state index >= 15 is 0 Å². The van der Waals surface area contributed by atoms with Crippen LogP contribution in [0.15, 0.2) is 30.3 Å². The summed E-state index contributed by atoms with van der Waals surface area (Å²) in [5.74, 6) is 0.559. The number of rotatable bonds is 5. The zero-order valence-corrected chi connectivity index (χ0v) is 25.4. The highest BCUT2D eigenvalue weighted by atomic mass is 32.1. The number of likely N-dealkylation sites (tertiary alicyclic amines) is 2. The van der Waals surface area contributed by atoms with E-state index in [-0.39, 0.29) is 17.3 Å². The summed E-state index contributed by atoms with van der Waals surface area (Å²) in [6, 6.07) is 10.8. The first-order chi connectivity index (χ1) is 21.2. The predicted octanol–water partition coefficient (Wildman–Crippen LogP) is 4.29. The molecule has 2 amide bonds. The fraction of sp³-hybridized carbons (Fsp3) is 0.452. The lowest BCUT2D eigenvalue weighted by molar-refractivity contribution is -0.0161. The first-order valence-corrected chi connectivity index (χ1v) is 15.8. The second-order valence-electron chi connectivity index (χ2n) is 12.7. The van der Waals surface area contributed by atoms with E-state index in [9.17, 15) is 19.6 Å². The molecule has 226 valence electrons. The molecular formula is C31H32FN9O2S. The molecule has 4 aromatic rings. The molecule has 8 rings (SSSR count). The highest BCUT2D eigenvalue weighted by molar-refractivity contribution is 7.16. The maximum absolute atomic E-state index is 13.6. The van der Waals surface area contributed by atoms with Crippen molar-refractivity contribution < 1.29 is 14.3 Å². The Balaban J connectivity index is 1.10. The minimum absolute atomic E-state index is 0.0307. The van der Waals surface area contributed by atoms with Gasteiger partial charge in [0.2, 0.25) is 0 Å². The molecular weight excluding hydrogens is 581 g/mol. The lowest BCUT2D eigenvalue weighted by Gasteiger charge is -2.51. The zero-order valence-electron chi connectivity index (χ0n) is 24.6. The third-order valence-electron chi connectivity index (χ3n) is 9.39. The van der Waals surface area contributed by atoms with Crippen LogP contribution in [0.4, 0.5) is 25.8 Å². The van der Waals surface area contributed by atoms with Crippen molar-refractivity contribution in [3.8, 4) is 17.3 Å². The van der Waals surface area contributed by atoms with E-state index in [0.717, 1.165) is 68.0 Å². The molecule has 1 saturated carbocycles. The fourth-order valence-corrected chi connectivity index (χ4v) is 7.70. The summed E-state index contributed by atoms with van der Waals surface area (Å²) in [5.41, 5.74) is 3.98. The molecule has 3 saturated heterocycles. The van der Waals surface area contributed by atoms with E-state index in [0.29, 0.717) is 46.0 Å². The van der Waals surface area contributed by atoms with Gasteiger partial charge < -0.3 is 24.7 Å². The van der Waals surface area contributed by atoms with Crippen molar-refractivity contribution in [1.29, 1.82) is 5.26 Å². The van der Waals surface area contributed by atoms with Gasteiger partial charge in [0.25, 0.3) is 0 Å². The van der Waals surface area contributed by atoms with Gasteiger partial charge in [0, 0.05) is 44.2 Å². The molecule has 0 radical (unpaired) electrons. The molecule has 13 heteroatoms. The first kappa shape index (κ1) is 27.3. The molecule has 4 aliphatic rings. The van der Waals surface area contributed by atoms with Crippen molar-refractivity contribution in [2.45, 2.75) is 38.3 Å². The van der Waals surface area contributed by atoms with Crippen LogP contribution in [0, 0.1) is 29.5 Å². The molecule has 0 unspecified atom stereocenters. The summed E-state index contributed by atoms with van der Waals surface area (Å²) in [6.07, 6.45) is 2.70. The number of benzene rings is 1. The minimum Gasteiger partial charge on any atom is -0.389 e. The highest BCUT2D eigenvalue weighted by Crippen LogP contribution is 2.46. The van der Waals surface area contributed by atoms with E-state index in [1.54, 1.807) is 17.0 Å². The number of urea groups is 1. The van der Waals surface area contributed by atoms with Crippen molar-refractivity contribution in [3.63, 3.8) is 0 Å². The zero-order chi connectivity index (χ0) is 30.3. The summed E-state index contributed by atoms with van der Waals surface area (Å²) in [5, 5.41) is 26.0.